The number of methoxy groups -OCH3 is 1. The summed E-state index contributed by atoms with van der Waals surface area (Å²) in [6, 6.07) is -0.397. The zero-order valence-corrected chi connectivity index (χ0v) is 10.8. The molecule has 1 rings (SSSR count). The Hall–Kier alpha value is -1.11. The van der Waals surface area contributed by atoms with Gasteiger partial charge in [-0.2, -0.15) is 0 Å². The van der Waals surface area contributed by atoms with E-state index in [-0.39, 0.29) is 30.4 Å². The van der Waals surface area contributed by atoms with Gasteiger partial charge in [0.05, 0.1) is 18.6 Å². The lowest BCUT2D eigenvalue weighted by Crippen LogP contribution is -2.44. The number of hydrogen-bond acceptors (Lipinski definition) is 5. The van der Waals surface area contributed by atoms with Crippen molar-refractivity contribution in [1.82, 2.24) is 4.90 Å². The average Bonchev–Trinajstić information content (AvgIpc) is 2.64. The standard InChI is InChI=1S/C10H17NO5S/c1-3-9(12)11(6-10(13)16-2)8-4-5-17(14,15)7-8/h8H,3-7H2,1-2H3/t8-/m0/s1. The van der Waals surface area contributed by atoms with Gasteiger partial charge in [0, 0.05) is 12.5 Å². The molecule has 7 heteroatoms. The predicted molar refractivity (Wildman–Crippen MR) is 61.1 cm³/mol. The number of ether oxygens (including phenoxy) is 1. The molecule has 0 saturated carbocycles. The van der Waals surface area contributed by atoms with E-state index in [4.69, 9.17) is 0 Å². The van der Waals surface area contributed by atoms with Gasteiger partial charge in [-0.3, -0.25) is 9.59 Å². The first kappa shape index (κ1) is 14.0. The van der Waals surface area contributed by atoms with Crippen LogP contribution in [-0.4, -0.2) is 56.4 Å². The van der Waals surface area contributed by atoms with E-state index in [2.05, 4.69) is 4.74 Å². The third-order valence-corrected chi connectivity index (χ3v) is 4.55. The summed E-state index contributed by atoms with van der Waals surface area (Å²) in [5, 5.41) is 0. The molecule has 1 heterocycles. The van der Waals surface area contributed by atoms with Crippen LogP contribution in [0, 0.1) is 0 Å². The number of hydrogen-bond donors (Lipinski definition) is 0. The topological polar surface area (TPSA) is 80.8 Å². The second kappa shape index (κ2) is 5.48. The number of sulfone groups is 1. The summed E-state index contributed by atoms with van der Waals surface area (Å²) in [5.41, 5.74) is 0. The fourth-order valence-electron chi connectivity index (χ4n) is 1.85. The fourth-order valence-corrected chi connectivity index (χ4v) is 3.58. The molecular formula is C10H17NO5S. The Morgan fingerprint density at radius 3 is 2.47 bits per heavy atom. The number of nitrogens with zero attached hydrogens (tertiary/aromatic N) is 1. The van der Waals surface area contributed by atoms with Crippen molar-refractivity contribution >= 4 is 21.7 Å². The van der Waals surface area contributed by atoms with Gasteiger partial charge in [0.25, 0.3) is 0 Å². The summed E-state index contributed by atoms with van der Waals surface area (Å²) < 4.78 is 27.2. The predicted octanol–water partition coefficient (Wildman–Crippen LogP) is -0.415. The highest BCUT2D eigenvalue weighted by Gasteiger charge is 2.35. The van der Waals surface area contributed by atoms with E-state index >= 15 is 0 Å². The van der Waals surface area contributed by atoms with E-state index in [9.17, 15) is 18.0 Å². The first-order valence-corrected chi connectivity index (χ1v) is 7.28. The Kier molecular flexibility index (Phi) is 4.50. The largest absolute Gasteiger partial charge is 0.468 e. The number of carbonyl (C=O) groups excluding carboxylic acids is 2. The van der Waals surface area contributed by atoms with Crippen molar-refractivity contribution < 1.29 is 22.7 Å². The molecule has 0 aromatic heterocycles. The Balaban J connectivity index is 2.77. The molecule has 1 atom stereocenters. The van der Waals surface area contributed by atoms with Crippen molar-refractivity contribution in [3.63, 3.8) is 0 Å². The van der Waals surface area contributed by atoms with Crippen LogP contribution in [-0.2, 0) is 24.2 Å². The Bertz CT molecular complexity index is 403. The summed E-state index contributed by atoms with van der Waals surface area (Å²) >= 11 is 0. The van der Waals surface area contributed by atoms with Crippen LogP contribution in [0.2, 0.25) is 0 Å². The molecule has 1 aliphatic rings. The SMILES string of the molecule is CCC(=O)N(CC(=O)OC)[C@H]1CCS(=O)(=O)C1. The monoisotopic (exact) mass is 263 g/mol. The minimum atomic E-state index is -3.07. The Morgan fingerprint density at radius 2 is 2.06 bits per heavy atom. The summed E-state index contributed by atoms with van der Waals surface area (Å²) in [6.45, 7) is 1.50. The van der Waals surface area contributed by atoms with Gasteiger partial charge in [-0.25, -0.2) is 8.42 Å². The van der Waals surface area contributed by atoms with E-state index in [0.29, 0.717) is 6.42 Å². The van der Waals surface area contributed by atoms with Crippen molar-refractivity contribution in [1.29, 1.82) is 0 Å². The smallest absolute Gasteiger partial charge is 0.325 e. The van der Waals surface area contributed by atoms with Crippen LogP contribution < -0.4 is 0 Å². The average molecular weight is 263 g/mol. The van der Waals surface area contributed by atoms with Crippen LogP contribution >= 0.6 is 0 Å². The molecule has 0 aromatic carbocycles. The van der Waals surface area contributed by atoms with E-state index in [1.54, 1.807) is 6.92 Å². The molecule has 0 bridgehead atoms. The number of carbonyl (C=O) groups is 2. The van der Waals surface area contributed by atoms with Crippen LogP contribution in [0.4, 0.5) is 0 Å². The van der Waals surface area contributed by atoms with Gasteiger partial charge >= 0.3 is 5.97 Å². The van der Waals surface area contributed by atoms with Crippen LogP contribution in [0.25, 0.3) is 0 Å². The van der Waals surface area contributed by atoms with Gasteiger partial charge in [0.15, 0.2) is 9.84 Å². The molecular weight excluding hydrogens is 246 g/mol. The zero-order chi connectivity index (χ0) is 13.1. The molecule has 0 aliphatic carbocycles. The molecule has 1 saturated heterocycles. The molecule has 1 fully saturated rings. The Morgan fingerprint density at radius 1 is 1.41 bits per heavy atom. The van der Waals surface area contributed by atoms with Crippen LogP contribution in [0.3, 0.4) is 0 Å². The highest BCUT2D eigenvalue weighted by atomic mass is 32.2. The second-order valence-corrected chi connectivity index (χ2v) is 6.24. The third kappa shape index (κ3) is 3.69. The van der Waals surface area contributed by atoms with Gasteiger partial charge < -0.3 is 9.64 Å². The van der Waals surface area contributed by atoms with Gasteiger partial charge in [-0.1, -0.05) is 6.92 Å². The zero-order valence-electron chi connectivity index (χ0n) is 10.0. The van der Waals surface area contributed by atoms with Crippen molar-refractivity contribution in [2.45, 2.75) is 25.8 Å². The van der Waals surface area contributed by atoms with E-state index in [0.717, 1.165) is 0 Å². The summed E-state index contributed by atoms with van der Waals surface area (Å²) in [6.07, 6.45) is 0.638. The highest BCUT2D eigenvalue weighted by molar-refractivity contribution is 7.91. The van der Waals surface area contributed by atoms with Gasteiger partial charge in [0.1, 0.15) is 6.54 Å². The van der Waals surface area contributed by atoms with Crippen LogP contribution in [0.15, 0.2) is 0 Å². The highest BCUT2D eigenvalue weighted by Crippen LogP contribution is 2.18. The molecule has 0 N–H and O–H groups in total. The van der Waals surface area contributed by atoms with Crippen molar-refractivity contribution in [3.8, 4) is 0 Å². The Labute approximate surface area is 101 Å². The second-order valence-electron chi connectivity index (χ2n) is 4.01. The summed E-state index contributed by atoms with van der Waals surface area (Å²) in [7, 11) is -1.83. The molecule has 1 amide bonds. The lowest BCUT2D eigenvalue weighted by atomic mass is 10.2. The van der Waals surface area contributed by atoms with Crippen LogP contribution in [0.5, 0.6) is 0 Å². The normalized spacial score (nSPS) is 22.1. The molecule has 0 aromatic rings. The molecule has 0 radical (unpaired) electrons. The number of amides is 1. The van der Waals surface area contributed by atoms with Crippen LogP contribution in [0.1, 0.15) is 19.8 Å². The van der Waals surface area contributed by atoms with Gasteiger partial charge in [0.2, 0.25) is 5.91 Å². The lowest BCUT2D eigenvalue weighted by molar-refractivity contribution is -0.148. The van der Waals surface area contributed by atoms with E-state index < -0.39 is 21.8 Å². The van der Waals surface area contributed by atoms with E-state index in [1.165, 1.54) is 12.0 Å². The minimum Gasteiger partial charge on any atom is -0.468 e. The van der Waals surface area contributed by atoms with Crippen molar-refractivity contribution in [2.75, 3.05) is 25.2 Å². The molecule has 1 aliphatic heterocycles. The molecule has 0 unspecified atom stereocenters. The third-order valence-electron chi connectivity index (χ3n) is 2.80. The molecule has 17 heavy (non-hydrogen) atoms. The number of rotatable bonds is 4. The van der Waals surface area contributed by atoms with E-state index in [1.807, 2.05) is 0 Å². The first-order valence-electron chi connectivity index (χ1n) is 5.46. The minimum absolute atomic E-state index is 0.0598. The summed E-state index contributed by atoms with van der Waals surface area (Å²) in [4.78, 5) is 24.2. The first-order chi connectivity index (χ1) is 7.89. The fraction of sp³-hybridized carbons (Fsp3) is 0.800. The maximum absolute atomic E-state index is 11.7. The molecule has 0 spiro atoms. The lowest BCUT2D eigenvalue weighted by Gasteiger charge is -2.26. The maximum atomic E-state index is 11.7. The molecule has 6 nitrogen and oxygen atoms in total. The molecule has 98 valence electrons. The number of esters is 1. The van der Waals surface area contributed by atoms with Crippen molar-refractivity contribution in [3.05, 3.63) is 0 Å². The van der Waals surface area contributed by atoms with Crippen molar-refractivity contribution in [2.24, 2.45) is 0 Å². The van der Waals surface area contributed by atoms with Gasteiger partial charge in [-0.05, 0) is 6.42 Å². The quantitative estimate of drug-likeness (QED) is 0.644. The maximum Gasteiger partial charge on any atom is 0.325 e. The summed E-state index contributed by atoms with van der Waals surface area (Å²) in [5.74, 6) is -0.740. The van der Waals surface area contributed by atoms with Gasteiger partial charge in [-0.15, -0.1) is 0 Å².